The molecule has 0 aromatic heterocycles. The van der Waals surface area contributed by atoms with E-state index in [2.05, 4.69) is 10.6 Å². The molecule has 15 heavy (non-hydrogen) atoms. The summed E-state index contributed by atoms with van der Waals surface area (Å²) < 4.78 is 5.00. The summed E-state index contributed by atoms with van der Waals surface area (Å²) in [6, 6.07) is -0.432. The van der Waals surface area contributed by atoms with Gasteiger partial charge in [0.1, 0.15) is 0 Å². The first-order valence-electron chi connectivity index (χ1n) is 5.26. The molecule has 0 aromatic rings. The Kier molecular flexibility index (Phi) is 4.55. The minimum atomic E-state index is -0.432. The van der Waals surface area contributed by atoms with E-state index in [0.717, 1.165) is 0 Å². The Hall–Kier alpha value is -1.10. The predicted octanol–water partition coefficient (Wildman–Crippen LogP) is -0.336. The number of hydrogen-bond acceptors (Lipinski definition) is 4. The number of carbonyl (C=O) groups excluding carboxylic acids is 2. The SMILES string of the molecule is CC(C)COC(=O)CC1NCCNC1=O. The van der Waals surface area contributed by atoms with Crippen LogP contribution < -0.4 is 10.6 Å². The molecule has 86 valence electrons. The average molecular weight is 214 g/mol. The van der Waals surface area contributed by atoms with Gasteiger partial charge in [-0.05, 0) is 5.92 Å². The molecule has 1 atom stereocenters. The molecule has 0 aliphatic carbocycles. The van der Waals surface area contributed by atoms with E-state index in [0.29, 0.717) is 25.6 Å². The molecule has 0 aromatic carbocycles. The average Bonchev–Trinajstić information content (AvgIpc) is 2.18. The molecule has 1 fully saturated rings. The third kappa shape index (κ3) is 4.29. The Bertz CT molecular complexity index is 241. The Morgan fingerprint density at radius 3 is 2.87 bits per heavy atom. The zero-order valence-corrected chi connectivity index (χ0v) is 9.21. The van der Waals surface area contributed by atoms with E-state index in [-0.39, 0.29) is 18.3 Å². The molecule has 1 aliphatic rings. The Morgan fingerprint density at radius 2 is 2.27 bits per heavy atom. The monoisotopic (exact) mass is 214 g/mol. The summed E-state index contributed by atoms with van der Waals surface area (Å²) in [6.07, 6.45) is 0.110. The predicted molar refractivity (Wildman–Crippen MR) is 55.2 cm³/mol. The summed E-state index contributed by atoms with van der Waals surface area (Å²) >= 11 is 0. The van der Waals surface area contributed by atoms with Crippen LogP contribution in [0.3, 0.4) is 0 Å². The fraction of sp³-hybridized carbons (Fsp3) is 0.800. The summed E-state index contributed by atoms with van der Waals surface area (Å²) in [5, 5.41) is 5.67. The zero-order chi connectivity index (χ0) is 11.3. The van der Waals surface area contributed by atoms with Crippen LogP contribution in [0.1, 0.15) is 20.3 Å². The highest BCUT2D eigenvalue weighted by Gasteiger charge is 2.24. The molecule has 1 rings (SSSR count). The number of amides is 1. The summed E-state index contributed by atoms with van der Waals surface area (Å²) in [7, 11) is 0. The van der Waals surface area contributed by atoms with Crippen LogP contribution in [0.5, 0.6) is 0 Å². The molecule has 1 heterocycles. The summed E-state index contributed by atoms with van der Waals surface area (Å²) in [4.78, 5) is 22.6. The first kappa shape index (κ1) is 12.0. The highest BCUT2D eigenvalue weighted by atomic mass is 16.5. The second kappa shape index (κ2) is 5.70. The van der Waals surface area contributed by atoms with E-state index in [1.807, 2.05) is 13.8 Å². The van der Waals surface area contributed by atoms with Crippen LogP contribution in [0.2, 0.25) is 0 Å². The third-order valence-corrected chi connectivity index (χ3v) is 2.08. The lowest BCUT2D eigenvalue weighted by atomic mass is 10.1. The van der Waals surface area contributed by atoms with E-state index in [9.17, 15) is 9.59 Å². The molecule has 0 spiro atoms. The largest absolute Gasteiger partial charge is 0.465 e. The van der Waals surface area contributed by atoms with Gasteiger partial charge in [-0.25, -0.2) is 0 Å². The van der Waals surface area contributed by atoms with Gasteiger partial charge >= 0.3 is 5.97 Å². The van der Waals surface area contributed by atoms with Crippen molar-refractivity contribution in [1.29, 1.82) is 0 Å². The lowest BCUT2D eigenvalue weighted by Gasteiger charge is -2.22. The first-order valence-corrected chi connectivity index (χ1v) is 5.26. The van der Waals surface area contributed by atoms with Crippen molar-refractivity contribution < 1.29 is 14.3 Å². The van der Waals surface area contributed by atoms with Gasteiger partial charge < -0.3 is 15.4 Å². The van der Waals surface area contributed by atoms with Gasteiger partial charge in [0.25, 0.3) is 0 Å². The van der Waals surface area contributed by atoms with Crippen molar-refractivity contribution in [2.24, 2.45) is 5.92 Å². The van der Waals surface area contributed by atoms with Crippen LogP contribution in [0, 0.1) is 5.92 Å². The van der Waals surface area contributed by atoms with Crippen LogP contribution in [-0.2, 0) is 14.3 Å². The maximum Gasteiger partial charge on any atom is 0.307 e. The summed E-state index contributed by atoms with van der Waals surface area (Å²) in [5.41, 5.74) is 0. The standard InChI is InChI=1S/C10H18N2O3/c1-7(2)6-15-9(13)5-8-10(14)12-4-3-11-8/h7-8,11H,3-6H2,1-2H3,(H,12,14). The molecule has 1 aliphatic heterocycles. The normalized spacial score (nSPS) is 21.3. The van der Waals surface area contributed by atoms with Crippen LogP contribution in [-0.4, -0.2) is 37.6 Å². The van der Waals surface area contributed by atoms with Crippen LogP contribution in [0.4, 0.5) is 0 Å². The van der Waals surface area contributed by atoms with E-state index in [1.54, 1.807) is 0 Å². The van der Waals surface area contributed by atoms with Gasteiger partial charge in [0.05, 0.1) is 19.1 Å². The second-order valence-electron chi connectivity index (χ2n) is 4.08. The lowest BCUT2D eigenvalue weighted by Crippen LogP contribution is -2.53. The maximum atomic E-state index is 11.3. The van der Waals surface area contributed by atoms with Gasteiger partial charge in [-0.1, -0.05) is 13.8 Å². The van der Waals surface area contributed by atoms with Crippen LogP contribution >= 0.6 is 0 Å². The van der Waals surface area contributed by atoms with Crippen molar-refractivity contribution in [3.05, 3.63) is 0 Å². The molecule has 0 saturated carbocycles. The van der Waals surface area contributed by atoms with Crippen molar-refractivity contribution in [3.8, 4) is 0 Å². The van der Waals surface area contributed by atoms with Gasteiger partial charge in [0.2, 0.25) is 5.91 Å². The number of carbonyl (C=O) groups is 2. The zero-order valence-electron chi connectivity index (χ0n) is 9.21. The molecule has 0 radical (unpaired) electrons. The quantitative estimate of drug-likeness (QED) is 0.628. The molecule has 1 amide bonds. The lowest BCUT2D eigenvalue weighted by molar-refractivity contribution is -0.147. The number of piperazine rings is 1. The van der Waals surface area contributed by atoms with Crippen LogP contribution in [0.25, 0.3) is 0 Å². The number of rotatable bonds is 4. The van der Waals surface area contributed by atoms with Crippen molar-refractivity contribution in [3.63, 3.8) is 0 Å². The molecule has 1 unspecified atom stereocenters. The second-order valence-corrected chi connectivity index (χ2v) is 4.08. The summed E-state index contributed by atoms with van der Waals surface area (Å²) in [5.74, 6) is -0.122. The van der Waals surface area contributed by atoms with Gasteiger partial charge in [-0.15, -0.1) is 0 Å². The molecule has 5 heteroatoms. The molecule has 2 N–H and O–H groups in total. The van der Waals surface area contributed by atoms with Gasteiger partial charge in [0.15, 0.2) is 0 Å². The number of hydrogen-bond donors (Lipinski definition) is 2. The first-order chi connectivity index (χ1) is 7.09. The van der Waals surface area contributed by atoms with Crippen molar-refractivity contribution >= 4 is 11.9 Å². The molecule has 1 saturated heterocycles. The van der Waals surface area contributed by atoms with Crippen molar-refractivity contribution in [1.82, 2.24) is 10.6 Å². The fourth-order valence-corrected chi connectivity index (χ4v) is 1.30. The van der Waals surface area contributed by atoms with Crippen molar-refractivity contribution in [2.75, 3.05) is 19.7 Å². The van der Waals surface area contributed by atoms with Gasteiger partial charge in [-0.2, -0.15) is 0 Å². The maximum absolute atomic E-state index is 11.3. The molecular weight excluding hydrogens is 196 g/mol. The minimum Gasteiger partial charge on any atom is -0.465 e. The molecule has 5 nitrogen and oxygen atoms in total. The van der Waals surface area contributed by atoms with E-state index >= 15 is 0 Å². The number of nitrogens with one attached hydrogen (secondary N) is 2. The van der Waals surface area contributed by atoms with E-state index in [4.69, 9.17) is 4.74 Å². The topological polar surface area (TPSA) is 67.4 Å². The third-order valence-electron chi connectivity index (χ3n) is 2.08. The van der Waals surface area contributed by atoms with Gasteiger partial charge in [-0.3, -0.25) is 9.59 Å². The highest BCUT2D eigenvalue weighted by molar-refractivity contribution is 5.87. The Labute approximate surface area is 89.6 Å². The smallest absolute Gasteiger partial charge is 0.307 e. The number of ether oxygens (including phenoxy) is 1. The van der Waals surface area contributed by atoms with Crippen LogP contribution in [0.15, 0.2) is 0 Å². The fourth-order valence-electron chi connectivity index (χ4n) is 1.30. The summed E-state index contributed by atoms with van der Waals surface area (Å²) in [6.45, 7) is 5.68. The number of esters is 1. The van der Waals surface area contributed by atoms with Crippen molar-refractivity contribution in [2.45, 2.75) is 26.3 Å². The Morgan fingerprint density at radius 1 is 1.53 bits per heavy atom. The van der Waals surface area contributed by atoms with Gasteiger partial charge in [0, 0.05) is 13.1 Å². The van der Waals surface area contributed by atoms with E-state index < -0.39 is 6.04 Å². The highest BCUT2D eigenvalue weighted by Crippen LogP contribution is 2.00. The molecule has 0 bridgehead atoms. The molecular formula is C10H18N2O3. The van der Waals surface area contributed by atoms with E-state index in [1.165, 1.54) is 0 Å². The Balaban J connectivity index is 2.27. The minimum absolute atomic E-state index is 0.110.